The van der Waals surface area contributed by atoms with Crippen LogP contribution >= 0.6 is 0 Å². The Morgan fingerprint density at radius 2 is 2.00 bits per heavy atom. The fourth-order valence-electron chi connectivity index (χ4n) is 4.62. The second-order valence-corrected chi connectivity index (χ2v) is 8.76. The highest BCUT2D eigenvalue weighted by molar-refractivity contribution is 5.76. The topological polar surface area (TPSA) is 50.6 Å². The number of aryl methyl sites for hydroxylation is 1. The van der Waals surface area contributed by atoms with Crippen LogP contribution in [0, 0.1) is 11.7 Å². The fraction of sp³-hybridized carbons (Fsp3) is 0.583. The first-order valence-corrected chi connectivity index (χ1v) is 11.5. The second kappa shape index (κ2) is 10.9. The molecule has 2 aliphatic rings. The normalized spacial score (nSPS) is 20.2. The van der Waals surface area contributed by atoms with Gasteiger partial charge in [-0.2, -0.15) is 5.10 Å². The minimum Gasteiger partial charge on any atom is -0.376 e. The van der Waals surface area contributed by atoms with Gasteiger partial charge in [0.25, 0.3) is 0 Å². The summed E-state index contributed by atoms with van der Waals surface area (Å²) < 4.78 is 21.6. The van der Waals surface area contributed by atoms with Crippen LogP contribution in [0.2, 0.25) is 0 Å². The third kappa shape index (κ3) is 6.37. The first-order chi connectivity index (χ1) is 15.2. The number of likely N-dealkylation sites (tertiary alicyclic amines) is 1. The van der Waals surface area contributed by atoms with Crippen LogP contribution in [-0.4, -0.2) is 64.4 Å². The zero-order valence-electron chi connectivity index (χ0n) is 18.2. The van der Waals surface area contributed by atoms with Crippen molar-refractivity contribution in [2.24, 2.45) is 5.92 Å². The molecule has 7 heteroatoms. The lowest BCUT2D eigenvalue weighted by Gasteiger charge is -2.35. The number of rotatable bonds is 9. The van der Waals surface area contributed by atoms with Gasteiger partial charge < -0.3 is 9.64 Å². The van der Waals surface area contributed by atoms with Crippen LogP contribution in [0.4, 0.5) is 4.39 Å². The molecular weight excluding hydrogens is 395 g/mol. The van der Waals surface area contributed by atoms with Gasteiger partial charge in [-0.1, -0.05) is 18.2 Å². The molecule has 0 unspecified atom stereocenters. The van der Waals surface area contributed by atoms with Crippen molar-refractivity contribution in [3.8, 4) is 0 Å². The van der Waals surface area contributed by atoms with E-state index in [-0.39, 0.29) is 17.8 Å². The van der Waals surface area contributed by atoms with E-state index in [1.54, 1.807) is 12.3 Å². The van der Waals surface area contributed by atoms with Crippen LogP contribution in [0.5, 0.6) is 0 Å². The Hall–Kier alpha value is -2.25. The molecule has 2 aromatic rings. The van der Waals surface area contributed by atoms with Gasteiger partial charge in [-0.05, 0) is 56.8 Å². The van der Waals surface area contributed by atoms with E-state index in [0.717, 1.165) is 57.5 Å². The largest absolute Gasteiger partial charge is 0.376 e. The van der Waals surface area contributed by atoms with Crippen molar-refractivity contribution in [3.05, 3.63) is 54.1 Å². The van der Waals surface area contributed by atoms with Crippen molar-refractivity contribution in [1.29, 1.82) is 0 Å². The molecule has 2 fully saturated rings. The Morgan fingerprint density at radius 3 is 2.71 bits per heavy atom. The molecule has 0 radical (unpaired) electrons. The zero-order valence-corrected chi connectivity index (χ0v) is 18.2. The molecule has 1 aromatic carbocycles. The van der Waals surface area contributed by atoms with Gasteiger partial charge in [-0.3, -0.25) is 14.4 Å². The molecule has 1 amide bonds. The third-order valence-electron chi connectivity index (χ3n) is 6.45. The molecule has 4 rings (SSSR count). The Labute approximate surface area is 184 Å². The number of carbonyl (C=O) groups excluding carboxylic acids is 1. The lowest BCUT2D eigenvalue weighted by atomic mass is 9.95. The standard InChI is InChI=1S/C24H33FN4O2/c25-23-7-2-1-5-21(23)18-27-13-8-20(9-14-27)17-28(19-22-6-3-16-31-22)24(30)10-15-29-12-4-11-26-29/h1-2,4-5,7,11-12,20,22H,3,6,8-10,13-19H2/t22-/m1/s1. The highest BCUT2D eigenvalue weighted by Gasteiger charge is 2.27. The lowest BCUT2D eigenvalue weighted by molar-refractivity contribution is -0.134. The van der Waals surface area contributed by atoms with Crippen LogP contribution in [0.25, 0.3) is 0 Å². The van der Waals surface area contributed by atoms with Gasteiger partial charge in [0.1, 0.15) is 5.82 Å². The number of ether oxygens (including phenoxy) is 1. The van der Waals surface area contributed by atoms with Crippen molar-refractivity contribution < 1.29 is 13.9 Å². The number of hydrogen-bond acceptors (Lipinski definition) is 4. The molecule has 6 nitrogen and oxygen atoms in total. The van der Waals surface area contributed by atoms with E-state index in [0.29, 0.717) is 32.0 Å². The zero-order chi connectivity index (χ0) is 21.5. The first-order valence-electron chi connectivity index (χ1n) is 11.5. The highest BCUT2D eigenvalue weighted by Crippen LogP contribution is 2.23. The molecule has 2 saturated heterocycles. The van der Waals surface area contributed by atoms with Crippen LogP contribution < -0.4 is 0 Å². The molecule has 2 aliphatic heterocycles. The Balaban J connectivity index is 1.29. The molecule has 0 bridgehead atoms. The van der Waals surface area contributed by atoms with Crippen molar-refractivity contribution in [3.63, 3.8) is 0 Å². The summed E-state index contributed by atoms with van der Waals surface area (Å²) in [5.74, 6) is 0.529. The van der Waals surface area contributed by atoms with Gasteiger partial charge in [0, 0.05) is 57.2 Å². The van der Waals surface area contributed by atoms with Gasteiger partial charge in [-0.15, -0.1) is 0 Å². The molecule has 1 aromatic heterocycles. The predicted molar refractivity (Wildman–Crippen MR) is 117 cm³/mol. The smallest absolute Gasteiger partial charge is 0.224 e. The third-order valence-corrected chi connectivity index (χ3v) is 6.45. The van der Waals surface area contributed by atoms with E-state index in [1.807, 2.05) is 34.0 Å². The Bertz CT molecular complexity index is 815. The van der Waals surface area contributed by atoms with Crippen molar-refractivity contribution in [2.45, 2.75) is 51.3 Å². The summed E-state index contributed by atoms with van der Waals surface area (Å²) in [5, 5.41) is 4.20. The summed E-state index contributed by atoms with van der Waals surface area (Å²) in [4.78, 5) is 17.4. The van der Waals surface area contributed by atoms with Crippen molar-refractivity contribution in [2.75, 3.05) is 32.8 Å². The molecule has 0 spiro atoms. The van der Waals surface area contributed by atoms with Gasteiger partial charge >= 0.3 is 0 Å². The second-order valence-electron chi connectivity index (χ2n) is 8.76. The summed E-state index contributed by atoms with van der Waals surface area (Å²) in [7, 11) is 0. The molecule has 1 atom stereocenters. The van der Waals surface area contributed by atoms with Gasteiger partial charge in [-0.25, -0.2) is 4.39 Å². The maximum absolute atomic E-state index is 14.0. The summed E-state index contributed by atoms with van der Waals surface area (Å²) in [6.45, 7) is 5.41. The number of halogens is 1. The van der Waals surface area contributed by atoms with Crippen LogP contribution in [-0.2, 0) is 22.6 Å². The number of amides is 1. The van der Waals surface area contributed by atoms with E-state index in [2.05, 4.69) is 10.00 Å². The molecular formula is C24H33FN4O2. The summed E-state index contributed by atoms with van der Waals surface area (Å²) >= 11 is 0. The summed E-state index contributed by atoms with van der Waals surface area (Å²) in [6, 6.07) is 8.90. The Kier molecular flexibility index (Phi) is 7.70. The molecule has 0 aliphatic carbocycles. The quantitative estimate of drug-likeness (QED) is 0.615. The number of nitrogens with zero attached hydrogens (tertiary/aromatic N) is 4. The van der Waals surface area contributed by atoms with Crippen LogP contribution in [0.15, 0.2) is 42.7 Å². The molecule has 0 N–H and O–H groups in total. The number of aromatic nitrogens is 2. The average Bonchev–Trinajstić information content (AvgIpc) is 3.49. The van der Waals surface area contributed by atoms with E-state index in [9.17, 15) is 9.18 Å². The first kappa shape index (κ1) is 22.0. The van der Waals surface area contributed by atoms with E-state index < -0.39 is 0 Å². The monoisotopic (exact) mass is 428 g/mol. The highest BCUT2D eigenvalue weighted by atomic mass is 19.1. The minimum atomic E-state index is -0.129. The number of carbonyl (C=O) groups is 1. The number of hydrogen-bond donors (Lipinski definition) is 0. The van der Waals surface area contributed by atoms with E-state index >= 15 is 0 Å². The molecule has 168 valence electrons. The van der Waals surface area contributed by atoms with Gasteiger partial charge in [0.05, 0.1) is 6.10 Å². The molecule has 0 saturated carbocycles. The molecule has 31 heavy (non-hydrogen) atoms. The summed E-state index contributed by atoms with van der Waals surface area (Å²) in [6.07, 6.45) is 8.42. The summed E-state index contributed by atoms with van der Waals surface area (Å²) in [5.41, 5.74) is 0.759. The van der Waals surface area contributed by atoms with Gasteiger partial charge in [0.15, 0.2) is 0 Å². The number of benzene rings is 1. The van der Waals surface area contributed by atoms with Crippen LogP contribution in [0.3, 0.4) is 0 Å². The van der Waals surface area contributed by atoms with E-state index in [4.69, 9.17) is 4.74 Å². The fourth-order valence-corrected chi connectivity index (χ4v) is 4.62. The maximum atomic E-state index is 14.0. The minimum absolute atomic E-state index is 0.129. The van der Waals surface area contributed by atoms with Crippen molar-refractivity contribution >= 4 is 5.91 Å². The number of piperidine rings is 1. The van der Waals surface area contributed by atoms with Gasteiger partial charge in [0.2, 0.25) is 5.91 Å². The average molecular weight is 429 g/mol. The molecule has 3 heterocycles. The van der Waals surface area contributed by atoms with Crippen LogP contribution in [0.1, 0.15) is 37.7 Å². The van der Waals surface area contributed by atoms with Crippen molar-refractivity contribution in [1.82, 2.24) is 19.6 Å². The Morgan fingerprint density at radius 1 is 1.16 bits per heavy atom. The maximum Gasteiger partial charge on any atom is 0.224 e. The predicted octanol–water partition coefficient (Wildman–Crippen LogP) is 3.33. The SMILES string of the molecule is O=C(CCn1cccn1)N(CC1CCN(Cc2ccccc2F)CC1)C[C@H]1CCCO1. The van der Waals surface area contributed by atoms with E-state index in [1.165, 1.54) is 6.07 Å². The lowest BCUT2D eigenvalue weighted by Crippen LogP contribution is -2.43.